The Morgan fingerprint density at radius 1 is 1.30 bits per heavy atom. The molecule has 4 N–H and O–H groups in total. The number of aromatic amines is 1. The molecule has 0 radical (unpaired) electrons. The van der Waals surface area contributed by atoms with Gasteiger partial charge in [0.2, 0.25) is 0 Å². The average Bonchev–Trinajstić information content (AvgIpc) is 3.06. The number of H-pyrrole nitrogens is 1. The monoisotopic (exact) mass is 387 g/mol. The molecule has 0 saturated carbocycles. The van der Waals surface area contributed by atoms with Gasteiger partial charge in [-0.15, -0.1) is 0 Å². The van der Waals surface area contributed by atoms with E-state index in [2.05, 4.69) is 15.6 Å². The van der Waals surface area contributed by atoms with Crippen molar-refractivity contribution in [1.82, 2.24) is 10.3 Å². The number of ether oxygens (including phenoxy) is 1. The van der Waals surface area contributed by atoms with Gasteiger partial charge in [0, 0.05) is 22.8 Å². The summed E-state index contributed by atoms with van der Waals surface area (Å²) in [6, 6.07) is 12.1. The van der Waals surface area contributed by atoms with E-state index in [9.17, 15) is 9.90 Å². The van der Waals surface area contributed by atoms with Gasteiger partial charge in [0.25, 0.3) is 0 Å². The SMILES string of the molecule is CCOc1ccc(NC(=O)NC(CO)Cc2c[nH]c3ccccc23)cc1Cl. The molecule has 3 aromatic rings. The van der Waals surface area contributed by atoms with Gasteiger partial charge in [0.1, 0.15) is 5.75 Å². The summed E-state index contributed by atoms with van der Waals surface area (Å²) in [6.45, 7) is 2.22. The number of anilines is 1. The fourth-order valence-corrected chi connectivity index (χ4v) is 3.17. The molecule has 142 valence electrons. The number of aromatic nitrogens is 1. The minimum absolute atomic E-state index is 0.170. The van der Waals surface area contributed by atoms with Crippen LogP contribution < -0.4 is 15.4 Å². The highest BCUT2D eigenvalue weighted by molar-refractivity contribution is 6.32. The van der Waals surface area contributed by atoms with E-state index < -0.39 is 12.1 Å². The number of para-hydroxylation sites is 1. The molecule has 0 aliphatic rings. The van der Waals surface area contributed by atoms with Gasteiger partial charge >= 0.3 is 6.03 Å². The minimum atomic E-state index is -0.414. The summed E-state index contributed by atoms with van der Waals surface area (Å²) in [6.07, 6.45) is 2.41. The number of hydrogen-bond acceptors (Lipinski definition) is 3. The van der Waals surface area contributed by atoms with Crippen molar-refractivity contribution in [2.24, 2.45) is 0 Å². The zero-order chi connectivity index (χ0) is 19.2. The molecule has 0 saturated heterocycles. The van der Waals surface area contributed by atoms with Gasteiger partial charge < -0.3 is 25.5 Å². The van der Waals surface area contributed by atoms with E-state index in [1.54, 1.807) is 18.2 Å². The number of hydrogen-bond donors (Lipinski definition) is 4. The van der Waals surface area contributed by atoms with Crippen LogP contribution in [0.25, 0.3) is 10.9 Å². The van der Waals surface area contributed by atoms with E-state index in [0.29, 0.717) is 29.5 Å². The highest BCUT2D eigenvalue weighted by Crippen LogP contribution is 2.27. The third-order valence-electron chi connectivity index (χ3n) is 4.19. The fraction of sp³-hybridized carbons (Fsp3) is 0.250. The zero-order valence-electron chi connectivity index (χ0n) is 15.0. The largest absolute Gasteiger partial charge is 0.492 e. The van der Waals surface area contributed by atoms with Crippen molar-refractivity contribution in [3.05, 3.63) is 59.2 Å². The lowest BCUT2D eigenvalue weighted by atomic mass is 10.1. The summed E-state index contributed by atoms with van der Waals surface area (Å²) < 4.78 is 5.38. The van der Waals surface area contributed by atoms with Crippen LogP contribution in [-0.4, -0.2) is 35.4 Å². The maximum Gasteiger partial charge on any atom is 0.319 e. The molecule has 0 bridgehead atoms. The lowest BCUT2D eigenvalue weighted by molar-refractivity contribution is 0.224. The van der Waals surface area contributed by atoms with Gasteiger partial charge in [-0.2, -0.15) is 0 Å². The predicted octanol–water partition coefficient (Wildman–Crippen LogP) is 3.95. The van der Waals surface area contributed by atoms with Gasteiger partial charge in [-0.25, -0.2) is 4.79 Å². The molecule has 0 aliphatic heterocycles. The summed E-state index contributed by atoms with van der Waals surface area (Å²) in [7, 11) is 0. The van der Waals surface area contributed by atoms with E-state index in [1.165, 1.54) is 0 Å². The molecular formula is C20H22ClN3O3. The van der Waals surface area contributed by atoms with Crippen LogP contribution in [0.5, 0.6) is 5.75 Å². The van der Waals surface area contributed by atoms with Crippen molar-refractivity contribution in [1.29, 1.82) is 0 Å². The fourth-order valence-electron chi connectivity index (χ4n) is 2.93. The number of amides is 2. The van der Waals surface area contributed by atoms with Crippen LogP contribution in [0.1, 0.15) is 12.5 Å². The molecule has 1 aromatic heterocycles. The Morgan fingerprint density at radius 3 is 2.85 bits per heavy atom. The molecule has 0 aliphatic carbocycles. The van der Waals surface area contributed by atoms with Crippen LogP contribution >= 0.6 is 11.6 Å². The van der Waals surface area contributed by atoms with Crippen molar-refractivity contribution in [2.45, 2.75) is 19.4 Å². The summed E-state index contributed by atoms with van der Waals surface area (Å²) in [5.41, 5.74) is 2.61. The second-order valence-electron chi connectivity index (χ2n) is 6.12. The number of fused-ring (bicyclic) bond motifs is 1. The molecule has 2 amide bonds. The number of aliphatic hydroxyl groups excluding tert-OH is 1. The van der Waals surface area contributed by atoms with Gasteiger partial charge in [-0.05, 0) is 43.2 Å². The number of carbonyl (C=O) groups is 1. The third-order valence-corrected chi connectivity index (χ3v) is 4.48. The number of halogens is 1. The molecular weight excluding hydrogens is 366 g/mol. The second-order valence-corrected chi connectivity index (χ2v) is 6.53. The number of rotatable bonds is 7. The minimum Gasteiger partial charge on any atom is -0.492 e. The maximum absolute atomic E-state index is 12.3. The molecule has 6 nitrogen and oxygen atoms in total. The summed E-state index contributed by atoms with van der Waals surface area (Å²) in [5.74, 6) is 0.567. The number of nitrogens with one attached hydrogen (secondary N) is 3. The van der Waals surface area contributed by atoms with Crippen LogP contribution in [0.2, 0.25) is 5.02 Å². The van der Waals surface area contributed by atoms with E-state index in [-0.39, 0.29) is 6.61 Å². The molecule has 0 fully saturated rings. The first-order valence-electron chi connectivity index (χ1n) is 8.76. The first-order valence-corrected chi connectivity index (χ1v) is 9.14. The molecule has 1 heterocycles. The second kappa shape index (κ2) is 8.79. The number of benzene rings is 2. The molecule has 27 heavy (non-hydrogen) atoms. The topological polar surface area (TPSA) is 86.4 Å². The van der Waals surface area contributed by atoms with Gasteiger partial charge in [-0.1, -0.05) is 29.8 Å². The van der Waals surface area contributed by atoms with Crippen LogP contribution in [0.15, 0.2) is 48.7 Å². The normalized spacial score (nSPS) is 12.0. The van der Waals surface area contributed by atoms with E-state index >= 15 is 0 Å². The highest BCUT2D eigenvalue weighted by Gasteiger charge is 2.15. The molecule has 2 aromatic carbocycles. The van der Waals surface area contributed by atoms with Gasteiger partial charge in [0.15, 0.2) is 0 Å². The molecule has 0 spiro atoms. The standard InChI is InChI=1S/C20H22ClN3O3/c1-2-27-19-8-7-14(10-17(19)21)23-20(26)24-15(12-25)9-13-11-22-18-6-4-3-5-16(13)18/h3-8,10-11,15,22,25H,2,9,12H2,1H3,(H2,23,24,26). The third kappa shape index (κ3) is 4.72. The zero-order valence-corrected chi connectivity index (χ0v) is 15.7. The molecule has 1 atom stereocenters. The Bertz CT molecular complexity index is 926. The predicted molar refractivity (Wildman–Crippen MR) is 108 cm³/mol. The first kappa shape index (κ1) is 19.1. The van der Waals surface area contributed by atoms with Crippen molar-refractivity contribution >= 4 is 34.2 Å². The lowest BCUT2D eigenvalue weighted by Crippen LogP contribution is -2.41. The molecule has 1 unspecified atom stereocenters. The first-order chi connectivity index (χ1) is 13.1. The van der Waals surface area contributed by atoms with Crippen LogP contribution in [-0.2, 0) is 6.42 Å². The summed E-state index contributed by atoms with van der Waals surface area (Å²) in [4.78, 5) is 15.5. The van der Waals surface area contributed by atoms with Crippen molar-refractivity contribution in [3.8, 4) is 5.75 Å². The number of urea groups is 1. The van der Waals surface area contributed by atoms with Crippen LogP contribution in [0.4, 0.5) is 10.5 Å². The van der Waals surface area contributed by atoms with Crippen molar-refractivity contribution in [3.63, 3.8) is 0 Å². The average molecular weight is 388 g/mol. The van der Waals surface area contributed by atoms with Gasteiger partial charge in [-0.3, -0.25) is 0 Å². The van der Waals surface area contributed by atoms with Crippen LogP contribution in [0.3, 0.4) is 0 Å². The number of carbonyl (C=O) groups excluding carboxylic acids is 1. The Hall–Kier alpha value is -2.70. The number of aliphatic hydroxyl groups is 1. The quantitative estimate of drug-likeness (QED) is 0.495. The van der Waals surface area contributed by atoms with Gasteiger partial charge in [0.05, 0.1) is 24.3 Å². The lowest BCUT2D eigenvalue weighted by Gasteiger charge is -2.17. The van der Waals surface area contributed by atoms with E-state index in [0.717, 1.165) is 16.5 Å². The maximum atomic E-state index is 12.3. The summed E-state index contributed by atoms with van der Waals surface area (Å²) in [5, 5.41) is 16.7. The van der Waals surface area contributed by atoms with Crippen molar-refractivity contribution in [2.75, 3.05) is 18.5 Å². The Labute approximate surface area is 162 Å². The van der Waals surface area contributed by atoms with Crippen LogP contribution in [0, 0.1) is 0 Å². The van der Waals surface area contributed by atoms with E-state index in [1.807, 2.05) is 37.4 Å². The molecule has 3 rings (SSSR count). The Morgan fingerprint density at radius 2 is 2.11 bits per heavy atom. The van der Waals surface area contributed by atoms with E-state index in [4.69, 9.17) is 16.3 Å². The Balaban J connectivity index is 1.62. The highest BCUT2D eigenvalue weighted by atomic mass is 35.5. The van der Waals surface area contributed by atoms with Crippen molar-refractivity contribution < 1.29 is 14.6 Å². The smallest absolute Gasteiger partial charge is 0.319 e. The summed E-state index contributed by atoms with van der Waals surface area (Å²) >= 11 is 6.13. The Kier molecular flexibility index (Phi) is 6.21. The molecule has 7 heteroatoms.